The first kappa shape index (κ1) is 16.6. The van der Waals surface area contributed by atoms with Gasteiger partial charge in [0, 0.05) is 13.1 Å². The molecule has 18 heavy (non-hydrogen) atoms. The Morgan fingerprint density at radius 3 is 2.44 bits per heavy atom. The third-order valence-corrected chi connectivity index (χ3v) is 3.81. The molecule has 0 spiro atoms. The number of oxime groups is 1. The van der Waals surface area contributed by atoms with E-state index in [-0.39, 0.29) is 18.1 Å². The molecule has 106 valence electrons. The molecule has 1 amide bonds. The smallest absolute Gasteiger partial charge is 0.233 e. The van der Waals surface area contributed by atoms with Gasteiger partial charge in [0.25, 0.3) is 0 Å². The predicted octanol–water partition coefficient (Wildman–Crippen LogP) is -1.19. The van der Waals surface area contributed by atoms with Crippen molar-refractivity contribution in [1.29, 1.82) is 0 Å². The van der Waals surface area contributed by atoms with Gasteiger partial charge in [0.1, 0.15) is 5.41 Å². The second kappa shape index (κ2) is 6.55. The van der Waals surface area contributed by atoms with Gasteiger partial charge in [0.15, 0.2) is 5.84 Å². The molecule has 0 aliphatic rings. The number of nitrogens with two attached hydrogens (primary N) is 1. The van der Waals surface area contributed by atoms with E-state index in [1.54, 1.807) is 6.92 Å². The van der Waals surface area contributed by atoms with Crippen molar-refractivity contribution in [3.8, 4) is 0 Å². The van der Waals surface area contributed by atoms with Gasteiger partial charge >= 0.3 is 0 Å². The van der Waals surface area contributed by atoms with E-state index in [4.69, 9.17) is 10.9 Å². The Morgan fingerprint density at radius 1 is 1.44 bits per heavy atom. The Hall–Kier alpha value is -1.35. The van der Waals surface area contributed by atoms with E-state index < -0.39 is 21.3 Å². The second-order valence-corrected chi connectivity index (χ2v) is 6.11. The molecule has 0 aromatic rings. The molecule has 0 radical (unpaired) electrons. The van der Waals surface area contributed by atoms with Gasteiger partial charge in [-0.15, -0.1) is 0 Å². The summed E-state index contributed by atoms with van der Waals surface area (Å²) >= 11 is 0. The zero-order valence-corrected chi connectivity index (χ0v) is 11.5. The van der Waals surface area contributed by atoms with Crippen molar-refractivity contribution < 1.29 is 18.4 Å². The highest BCUT2D eigenvalue weighted by atomic mass is 32.2. The molecule has 0 aromatic heterocycles. The molecule has 0 heterocycles. The zero-order valence-electron chi connectivity index (χ0n) is 10.7. The largest absolute Gasteiger partial charge is 0.409 e. The van der Waals surface area contributed by atoms with E-state index in [9.17, 15) is 13.2 Å². The highest BCUT2D eigenvalue weighted by Crippen LogP contribution is 2.14. The summed E-state index contributed by atoms with van der Waals surface area (Å²) in [4.78, 5) is 11.7. The number of nitrogens with one attached hydrogen (secondary N) is 2. The molecule has 0 unspecified atom stereocenters. The third kappa shape index (κ3) is 4.88. The highest BCUT2D eigenvalue weighted by Gasteiger charge is 2.32. The number of nitrogens with zero attached hydrogens (tertiary/aromatic N) is 1. The Bertz CT molecular complexity index is 416. The van der Waals surface area contributed by atoms with E-state index in [0.29, 0.717) is 6.54 Å². The number of carbonyl (C=O) groups excluding carboxylic acids is 1. The molecule has 8 nitrogen and oxygen atoms in total. The molecular formula is C9H20N4O4S. The first-order chi connectivity index (χ1) is 8.17. The summed E-state index contributed by atoms with van der Waals surface area (Å²) in [7, 11) is -3.37. The summed E-state index contributed by atoms with van der Waals surface area (Å²) in [6, 6.07) is 0. The van der Waals surface area contributed by atoms with Crippen LogP contribution in [0.15, 0.2) is 5.16 Å². The first-order valence-electron chi connectivity index (χ1n) is 5.41. The number of amides is 1. The van der Waals surface area contributed by atoms with Crippen molar-refractivity contribution in [2.24, 2.45) is 16.3 Å². The monoisotopic (exact) mass is 280 g/mol. The summed E-state index contributed by atoms with van der Waals surface area (Å²) in [6.07, 6.45) is 0. The zero-order chi connectivity index (χ0) is 14.4. The van der Waals surface area contributed by atoms with Gasteiger partial charge in [-0.25, -0.2) is 13.1 Å². The minimum atomic E-state index is -3.37. The summed E-state index contributed by atoms with van der Waals surface area (Å²) in [6.45, 7) is 4.85. The van der Waals surface area contributed by atoms with Crippen LogP contribution in [0.2, 0.25) is 0 Å². The molecule has 0 saturated carbocycles. The number of rotatable bonds is 7. The number of carbonyl (C=O) groups is 1. The molecule has 0 rings (SSSR count). The second-order valence-electron chi connectivity index (χ2n) is 4.18. The third-order valence-electron chi connectivity index (χ3n) is 2.34. The minimum absolute atomic E-state index is 0.0453. The van der Waals surface area contributed by atoms with Gasteiger partial charge < -0.3 is 16.3 Å². The van der Waals surface area contributed by atoms with Crippen LogP contribution in [0.5, 0.6) is 0 Å². The SMILES string of the molecule is CCNS(=O)(=O)CCNC(=O)C(C)(C)C(N)=NO. The number of amidine groups is 1. The predicted molar refractivity (Wildman–Crippen MR) is 67.7 cm³/mol. The van der Waals surface area contributed by atoms with Crippen LogP contribution in [-0.2, 0) is 14.8 Å². The van der Waals surface area contributed by atoms with Gasteiger partial charge in [-0.1, -0.05) is 12.1 Å². The Kier molecular flexibility index (Phi) is 6.06. The average molecular weight is 280 g/mol. The summed E-state index contributed by atoms with van der Waals surface area (Å²) in [5.74, 6) is -0.974. The van der Waals surface area contributed by atoms with Crippen LogP contribution in [0, 0.1) is 5.41 Å². The quantitative estimate of drug-likeness (QED) is 0.201. The fourth-order valence-electron chi connectivity index (χ4n) is 1.05. The van der Waals surface area contributed by atoms with Crippen LogP contribution in [0.1, 0.15) is 20.8 Å². The lowest BCUT2D eigenvalue weighted by atomic mass is 9.91. The van der Waals surface area contributed by atoms with Crippen LogP contribution < -0.4 is 15.8 Å². The van der Waals surface area contributed by atoms with Crippen LogP contribution in [-0.4, -0.2) is 44.2 Å². The number of sulfonamides is 1. The Morgan fingerprint density at radius 2 is 2.00 bits per heavy atom. The summed E-state index contributed by atoms with van der Waals surface area (Å²) in [5, 5.41) is 13.7. The lowest BCUT2D eigenvalue weighted by Crippen LogP contribution is -2.47. The van der Waals surface area contributed by atoms with Crippen molar-refractivity contribution in [3.63, 3.8) is 0 Å². The van der Waals surface area contributed by atoms with Crippen molar-refractivity contribution in [2.45, 2.75) is 20.8 Å². The lowest BCUT2D eigenvalue weighted by Gasteiger charge is -2.21. The molecule has 0 saturated heterocycles. The van der Waals surface area contributed by atoms with Crippen LogP contribution in [0.3, 0.4) is 0 Å². The fraction of sp³-hybridized carbons (Fsp3) is 0.778. The molecule has 0 aliphatic heterocycles. The Labute approximate surface area is 107 Å². The van der Waals surface area contributed by atoms with Crippen LogP contribution in [0.25, 0.3) is 0 Å². The maximum atomic E-state index is 11.7. The van der Waals surface area contributed by atoms with Gasteiger partial charge in [-0.2, -0.15) is 0 Å². The normalized spacial score (nSPS) is 13.4. The van der Waals surface area contributed by atoms with Gasteiger partial charge in [-0.05, 0) is 13.8 Å². The summed E-state index contributed by atoms with van der Waals surface area (Å²) in [5.41, 5.74) is 4.17. The molecule has 0 bridgehead atoms. The van der Waals surface area contributed by atoms with Crippen molar-refractivity contribution in [3.05, 3.63) is 0 Å². The standard InChI is InChI=1S/C9H20N4O4S/c1-4-12-18(16,17)6-5-11-8(14)9(2,3)7(10)13-15/h12,15H,4-6H2,1-3H3,(H2,10,13)(H,11,14). The van der Waals surface area contributed by atoms with Crippen molar-refractivity contribution in [1.82, 2.24) is 10.0 Å². The summed E-state index contributed by atoms with van der Waals surface area (Å²) < 4.78 is 24.9. The fourth-order valence-corrected chi connectivity index (χ4v) is 2.01. The Balaban J connectivity index is 4.37. The first-order valence-corrected chi connectivity index (χ1v) is 7.06. The minimum Gasteiger partial charge on any atom is -0.409 e. The van der Waals surface area contributed by atoms with Crippen LogP contribution >= 0.6 is 0 Å². The van der Waals surface area contributed by atoms with E-state index in [1.165, 1.54) is 13.8 Å². The average Bonchev–Trinajstić information content (AvgIpc) is 2.27. The lowest BCUT2D eigenvalue weighted by molar-refractivity contribution is -0.126. The molecule has 0 aromatic carbocycles. The molecule has 9 heteroatoms. The molecule has 0 aliphatic carbocycles. The number of hydrogen-bond donors (Lipinski definition) is 4. The van der Waals surface area contributed by atoms with Gasteiger partial charge in [-0.3, -0.25) is 4.79 Å². The van der Waals surface area contributed by atoms with Gasteiger partial charge in [0.05, 0.1) is 5.75 Å². The van der Waals surface area contributed by atoms with E-state index in [0.717, 1.165) is 0 Å². The topological polar surface area (TPSA) is 134 Å². The molecule has 0 fully saturated rings. The maximum Gasteiger partial charge on any atom is 0.233 e. The molecular weight excluding hydrogens is 260 g/mol. The maximum absolute atomic E-state index is 11.7. The van der Waals surface area contributed by atoms with Crippen LogP contribution in [0.4, 0.5) is 0 Å². The van der Waals surface area contributed by atoms with Gasteiger partial charge in [0.2, 0.25) is 15.9 Å². The van der Waals surface area contributed by atoms with E-state index >= 15 is 0 Å². The molecule has 5 N–H and O–H groups in total. The van der Waals surface area contributed by atoms with E-state index in [2.05, 4.69) is 15.2 Å². The van der Waals surface area contributed by atoms with E-state index in [1.807, 2.05) is 0 Å². The highest BCUT2D eigenvalue weighted by molar-refractivity contribution is 7.89. The van der Waals surface area contributed by atoms with Crippen molar-refractivity contribution in [2.75, 3.05) is 18.8 Å². The van der Waals surface area contributed by atoms with Crippen molar-refractivity contribution >= 4 is 21.8 Å². The molecule has 0 atom stereocenters. The number of hydrogen-bond acceptors (Lipinski definition) is 5.